The van der Waals surface area contributed by atoms with E-state index in [2.05, 4.69) is 20.7 Å². The number of halogens is 3. The lowest BCUT2D eigenvalue weighted by molar-refractivity contribution is -0.151. The standard InChI is InChI=1S/C9H12F3N5/c1-5-4-6(15-7(14-5)17-13)16-8(2-3-8)9(10,11)12/h4H,2-3,13H2,1H3,(H2,14,15,16,17). The van der Waals surface area contributed by atoms with Crippen molar-refractivity contribution in [2.24, 2.45) is 5.84 Å². The number of nitrogens with zero attached hydrogens (tertiary/aromatic N) is 2. The molecule has 0 saturated heterocycles. The van der Waals surface area contributed by atoms with E-state index in [4.69, 9.17) is 5.84 Å². The van der Waals surface area contributed by atoms with Gasteiger partial charge < -0.3 is 5.32 Å². The molecule has 0 aliphatic heterocycles. The molecular formula is C9H12F3N5. The van der Waals surface area contributed by atoms with Crippen molar-refractivity contribution in [3.63, 3.8) is 0 Å². The fourth-order valence-corrected chi connectivity index (χ4v) is 1.55. The molecule has 0 amide bonds. The largest absolute Gasteiger partial charge is 0.411 e. The van der Waals surface area contributed by atoms with E-state index < -0.39 is 11.7 Å². The van der Waals surface area contributed by atoms with Crippen molar-refractivity contribution in [1.29, 1.82) is 0 Å². The van der Waals surface area contributed by atoms with Gasteiger partial charge in [-0.3, -0.25) is 5.43 Å². The van der Waals surface area contributed by atoms with Crippen LogP contribution in [-0.4, -0.2) is 21.7 Å². The predicted octanol–water partition coefficient (Wildman–Crippen LogP) is 1.58. The van der Waals surface area contributed by atoms with Gasteiger partial charge in [0.2, 0.25) is 5.95 Å². The van der Waals surface area contributed by atoms with Gasteiger partial charge in [0, 0.05) is 11.8 Å². The number of hydrogen-bond acceptors (Lipinski definition) is 5. The summed E-state index contributed by atoms with van der Waals surface area (Å²) in [6, 6.07) is 1.45. The second kappa shape index (κ2) is 3.73. The normalized spacial score (nSPS) is 17.7. The number of aryl methyl sites for hydroxylation is 1. The number of hydrogen-bond donors (Lipinski definition) is 3. The molecule has 0 bridgehead atoms. The number of nitrogens with one attached hydrogen (secondary N) is 2. The summed E-state index contributed by atoms with van der Waals surface area (Å²) in [7, 11) is 0. The van der Waals surface area contributed by atoms with Crippen LogP contribution in [0.5, 0.6) is 0 Å². The number of anilines is 2. The van der Waals surface area contributed by atoms with Crippen LogP contribution in [0.3, 0.4) is 0 Å². The zero-order valence-corrected chi connectivity index (χ0v) is 9.10. The molecule has 1 aromatic heterocycles. The summed E-state index contributed by atoms with van der Waals surface area (Å²) in [6.07, 6.45) is -4.15. The van der Waals surface area contributed by atoms with E-state index in [1.54, 1.807) is 6.92 Å². The lowest BCUT2D eigenvalue weighted by Crippen LogP contribution is -2.39. The number of nitrogens with two attached hydrogens (primary N) is 1. The average molecular weight is 247 g/mol. The minimum Gasteiger partial charge on any atom is -0.356 e. The van der Waals surface area contributed by atoms with Gasteiger partial charge >= 0.3 is 6.18 Å². The molecule has 1 aliphatic carbocycles. The lowest BCUT2D eigenvalue weighted by atomic mass is 10.2. The van der Waals surface area contributed by atoms with Crippen molar-refractivity contribution in [2.45, 2.75) is 31.5 Å². The summed E-state index contributed by atoms with van der Waals surface area (Å²) < 4.78 is 38.2. The van der Waals surface area contributed by atoms with E-state index in [0.717, 1.165) is 0 Å². The molecular weight excluding hydrogens is 235 g/mol. The molecule has 94 valence electrons. The maximum atomic E-state index is 12.7. The quantitative estimate of drug-likeness (QED) is 0.558. The zero-order valence-electron chi connectivity index (χ0n) is 9.10. The van der Waals surface area contributed by atoms with Gasteiger partial charge in [-0.25, -0.2) is 10.8 Å². The summed E-state index contributed by atoms with van der Waals surface area (Å²) in [4.78, 5) is 7.73. The predicted molar refractivity (Wildman–Crippen MR) is 56.2 cm³/mol. The molecule has 8 heteroatoms. The van der Waals surface area contributed by atoms with E-state index in [-0.39, 0.29) is 24.6 Å². The summed E-state index contributed by atoms with van der Waals surface area (Å²) in [6.45, 7) is 1.65. The van der Waals surface area contributed by atoms with E-state index in [1.807, 2.05) is 0 Å². The Balaban J connectivity index is 2.22. The third kappa shape index (κ3) is 2.26. The van der Waals surface area contributed by atoms with Crippen LogP contribution in [0, 0.1) is 6.92 Å². The van der Waals surface area contributed by atoms with Crippen LogP contribution in [0.15, 0.2) is 6.07 Å². The first-order valence-electron chi connectivity index (χ1n) is 5.03. The van der Waals surface area contributed by atoms with Crippen LogP contribution in [0.2, 0.25) is 0 Å². The van der Waals surface area contributed by atoms with E-state index in [0.29, 0.717) is 5.69 Å². The Morgan fingerprint density at radius 2 is 2.00 bits per heavy atom. The van der Waals surface area contributed by atoms with Gasteiger partial charge in [0.15, 0.2) is 0 Å². The van der Waals surface area contributed by atoms with Crippen molar-refractivity contribution in [1.82, 2.24) is 9.97 Å². The highest BCUT2D eigenvalue weighted by Gasteiger charge is 2.63. The molecule has 0 aromatic carbocycles. The average Bonchev–Trinajstić information content (AvgIpc) is 2.97. The first kappa shape index (κ1) is 11.9. The van der Waals surface area contributed by atoms with E-state index in [9.17, 15) is 13.2 Å². The molecule has 0 unspecified atom stereocenters. The number of alkyl halides is 3. The smallest absolute Gasteiger partial charge is 0.356 e. The van der Waals surface area contributed by atoms with E-state index in [1.165, 1.54) is 6.07 Å². The van der Waals surface area contributed by atoms with Gasteiger partial charge in [0.05, 0.1) is 0 Å². The second-order valence-corrected chi connectivity index (χ2v) is 4.07. The Hall–Kier alpha value is -1.57. The van der Waals surface area contributed by atoms with Crippen LogP contribution in [0.4, 0.5) is 24.9 Å². The minimum atomic E-state index is -4.28. The zero-order chi connectivity index (χ0) is 12.7. The maximum absolute atomic E-state index is 12.7. The highest BCUT2D eigenvalue weighted by molar-refractivity contribution is 5.46. The molecule has 1 saturated carbocycles. The molecule has 0 atom stereocenters. The maximum Gasteiger partial charge on any atom is 0.411 e. The Morgan fingerprint density at radius 3 is 2.47 bits per heavy atom. The third-order valence-electron chi connectivity index (χ3n) is 2.64. The topological polar surface area (TPSA) is 75.9 Å². The second-order valence-electron chi connectivity index (χ2n) is 4.07. The van der Waals surface area contributed by atoms with Crippen LogP contribution >= 0.6 is 0 Å². The fourth-order valence-electron chi connectivity index (χ4n) is 1.55. The van der Waals surface area contributed by atoms with Gasteiger partial charge in [-0.1, -0.05) is 0 Å². The molecule has 1 aromatic rings. The minimum absolute atomic E-state index is 0.0605. The molecule has 0 spiro atoms. The monoisotopic (exact) mass is 247 g/mol. The SMILES string of the molecule is Cc1cc(NC2(C(F)(F)F)CC2)nc(NN)n1. The summed E-state index contributed by atoms with van der Waals surface area (Å²) in [5.74, 6) is 5.34. The fraction of sp³-hybridized carbons (Fsp3) is 0.556. The number of hydrazine groups is 1. The number of nitrogen functional groups attached to an aromatic ring is 1. The van der Waals surface area contributed by atoms with Gasteiger partial charge in [0.1, 0.15) is 11.4 Å². The number of rotatable bonds is 3. The van der Waals surface area contributed by atoms with Gasteiger partial charge in [-0.05, 0) is 19.8 Å². The molecule has 1 aliphatic rings. The van der Waals surface area contributed by atoms with Crippen LogP contribution < -0.4 is 16.6 Å². The summed E-state index contributed by atoms with van der Waals surface area (Å²) >= 11 is 0. The first-order chi connectivity index (χ1) is 7.86. The molecule has 1 heterocycles. The van der Waals surface area contributed by atoms with Gasteiger partial charge in [-0.2, -0.15) is 18.2 Å². The van der Waals surface area contributed by atoms with Gasteiger partial charge in [0.25, 0.3) is 0 Å². The Morgan fingerprint density at radius 1 is 1.35 bits per heavy atom. The van der Waals surface area contributed by atoms with Crippen molar-refractivity contribution in [2.75, 3.05) is 10.7 Å². The summed E-state index contributed by atoms with van der Waals surface area (Å²) in [5.41, 5.74) is 0.912. The molecule has 1 fully saturated rings. The van der Waals surface area contributed by atoms with Gasteiger partial charge in [-0.15, -0.1) is 0 Å². The van der Waals surface area contributed by atoms with Crippen LogP contribution in [0.25, 0.3) is 0 Å². The molecule has 17 heavy (non-hydrogen) atoms. The van der Waals surface area contributed by atoms with Crippen LogP contribution in [0.1, 0.15) is 18.5 Å². The lowest BCUT2D eigenvalue weighted by Gasteiger charge is -2.21. The molecule has 0 radical (unpaired) electrons. The molecule has 2 rings (SSSR count). The molecule has 5 nitrogen and oxygen atoms in total. The highest BCUT2D eigenvalue weighted by Crippen LogP contribution is 2.50. The Labute approximate surface area is 95.6 Å². The Kier molecular flexibility index (Phi) is 2.61. The van der Waals surface area contributed by atoms with Crippen molar-refractivity contribution in [3.8, 4) is 0 Å². The van der Waals surface area contributed by atoms with Crippen LogP contribution in [-0.2, 0) is 0 Å². The molecule has 4 N–H and O–H groups in total. The first-order valence-corrected chi connectivity index (χ1v) is 5.03. The summed E-state index contributed by atoms with van der Waals surface area (Å²) in [5, 5.41) is 2.41. The Bertz CT molecular complexity index is 427. The van der Waals surface area contributed by atoms with Crippen molar-refractivity contribution < 1.29 is 13.2 Å². The third-order valence-corrected chi connectivity index (χ3v) is 2.64. The highest BCUT2D eigenvalue weighted by atomic mass is 19.4. The van der Waals surface area contributed by atoms with Crippen molar-refractivity contribution >= 4 is 11.8 Å². The van der Waals surface area contributed by atoms with E-state index >= 15 is 0 Å². The number of aromatic nitrogens is 2. The van der Waals surface area contributed by atoms with Crippen molar-refractivity contribution in [3.05, 3.63) is 11.8 Å².